The van der Waals surface area contributed by atoms with Gasteiger partial charge in [-0.1, -0.05) is 30.3 Å². The summed E-state index contributed by atoms with van der Waals surface area (Å²) in [7, 11) is 0. The fourth-order valence-corrected chi connectivity index (χ4v) is 4.77. The topological polar surface area (TPSA) is 38.9 Å². The summed E-state index contributed by atoms with van der Waals surface area (Å²) in [6.45, 7) is 4.24. The summed E-state index contributed by atoms with van der Waals surface area (Å²) in [5, 5.41) is 0. The van der Waals surface area contributed by atoms with Crippen molar-refractivity contribution in [2.75, 3.05) is 0 Å². The highest BCUT2D eigenvalue weighted by Gasteiger charge is 2.23. The second-order valence-electron chi connectivity index (χ2n) is 8.65. The Balaban J connectivity index is 1.25. The van der Waals surface area contributed by atoms with E-state index in [-0.39, 0.29) is 0 Å². The number of benzene rings is 3. The first kappa shape index (κ1) is 19.0. The molecule has 0 saturated heterocycles. The van der Waals surface area contributed by atoms with Crippen molar-refractivity contribution in [2.45, 2.75) is 32.5 Å². The smallest absolute Gasteiger partial charge is 0.100 e. The first-order valence-electron chi connectivity index (χ1n) is 11.1. The van der Waals surface area contributed by atoms with Gasteiger partial charge in [0.05, 0.1) is 17.4 Å². The molecule has 5 heteroatoms. The van der Waals surface area contributed by atoms with Gasteiger partial charge in [-0.25, -0.2) is 9.97 Å². The van der Waals surface area contributed by atoms with E-state index >= 15 is 0 Å². The molecule has 158 valence electrons. The molecule has 6 rings (SSSR count). The predicted molar refractivity (Wildman–Crippen MR) is 127 cm³/mol. The Hall–Kier alpha value is -3.70. The largest absolute Gasteiger partial charge is 0.306 e. The fraction of sp³-hybridized carbons (Fsp3) is 0.185. The maximum absolute atomic E-state index is 4.55. The Morgan fingerprint density at radius 3 is 2.75 bits per heavy atom. The van der Waals surface area contributed by atoms with E-state index in [4.69, 9.17) is 0 Å². The Kier molecular flexibility index (Phi) is 4.62. The molecule has 0 spiro atoms. The Morgan fingerprint density at radius 1 is 0.906 bits per heavy atom. The van der Waals surface area contributed by atoms with Gasteiger partial charge in [-0.05, 0) is 66.4 Å². The zero-order valence-electron chi connectivity index (χ0n) is 18.1. The van der Waals surface area contributed by atoms with E-state index in [0.717, 1.165) is 36.2 Å². The van der Waals surface area contributed by atoms with E-state index in [9.17, 15) is 0 Å². The normalized spacial score (nSPS) is 16.3. The first-order valence-corrected chi connectivity index (χ1v) is 11.1. The molecule has 0 fully saturated rings. The molecule has 0 N–H and O–H groups in total. The third-order valence-corrected chi connectivity index (χ3v) is 6.53. The molecule has 1 unspecified atom stereocenters. The van der Waals surface area contributed by atoms with E-state index in [1.807, 2.05) is 31.1 Å². The van der Waals surface area contributed by atoms with Gasteiger partial charge in [0.15, 0.2) is 0 Å². The van der Waals surface area contributed by atoms with Crippen LogP contribution in [0.5, 0.6) is 0 Å². The number of rotatable bonds is 4. The van der Waals surface area contributed by atoms with Crippen LogP contribution in [0, 0.1) is 0 Å². The van der Waals surface area contributed by atoms with Gasteiger partial charge < -0.3 is 4.57 Å². The average Bonchev–Trinajstić information content (AvgIpc) is 3.50. The summed E-state index contributed by atoms with van der Waals surface area (Å²) in [6, 6.07) is 24.4. The van der Waals surface area contributed by atoms with Crippen LogP contribution in [-0.2, 0) is 19.5 Å². The van der Waals surface area contributed by atoms with Crippen molar-refractivity contribution in [3.8, 4) is 11.4 Å². The molecule has 3 heterocycles. The number of fused-ring (bicyclic) bond motifs is 2. The Morgan fingerprint density at radius 2 is 1.84 bits per heavy atom. The minimum atomic E-state index is 0.485. The molecule has 0 radical (unpaired) electrons. The van der Waals surface area contributed by atoms with Crippen LogP contribution < -0.4 is 0 Å². The maximum Gasteiger partial charge on any atom is 0.100 e. The highest BCUT2D eigenvalue weighted by atomic mass is 15.2. The molecule has 5 aromatic rings. The van der Waals surface area contributed by atoms with Crippen molar-refractivity contribution in [2.24, 2.45) is 0 Å². The molecule has 0 aliphatic carbocycles. The van der Waals surface area contributed by atoms with E-state index in [1.54, 1.807) is 0 Å². The van der Waals surface area contributed by atoms with E-state index < -0.39 is 0 Å². The minimum absolute atomic E-state index is 0.485. The molecular weight excluding hydrogens is 394 g/mol. The molecule has 2 aromatic heterocycles. The molecule has 0 saturated carbocycles. The number of aromatic nitrogens is 4. The van der Waals surface area contributed by atoms with Crippen molar-refractivity contribution in [3.05, 3.63) is 108 Å². The van der Waals surface area contributed by atoms with Gasteiger partial charge >= 0.3 is 0 Å². The quantitative estimate of drug-likeness (QED) is 0.404. The summed E-state index contributed by atoms with van der Waals surface area (Å²) in [4.78, 5) is 11.3. The third kappa shape index (κ3) is 3.41. The number of nitrogens with zero attached hydrogens (tertiary/aromatic N) is 5. The second-order valence-corrected chi connectivity index (χ2v) is 8.65. The predicted octanol–water partition coefficient (Wildman–Crippen LogP) is 5.16. The van der Waals surface area contributed by atoms with Gasteiger partial charge in [0.25, 0.3) is 0 Å². The number of imidazole rings is 2. The standard InChI is InChI=1S/C27H25N5/c1-20-13-23-15-24(30-12-11-28-18-30)10-9-22(23)17-31(20)16-21-5-4-6-25(14-21)32-19-29-26-7-2-3-8-27(26)32/h2-12,14-15,18-20H,13,16-17H2,1H3. The van der Waals surface area contributed by atoms with Crippen LogP contribution in [-0.4, -0.2) is 30.0 Å². The van der Waals surface area contributed by atoms with Crippen LogP contribution in [0.2, 0.25) is 0 Å². The van der Waals surface area contributed by atoms with E-state index in [0.29, 0.717) is 6.04 Å². The highest BCUT2D eigenvalue weighted by molar-refractivity contribution is 5.77. The van der Waals surface area contributed by atoms with Crippen LogP contribution in [0.1, 0.15) is 23.6 Å². The van der Waals surface area contributed by atoms with Crippen LogP contribution in [0.15, 0.2) is 91.8 Å². The summed E-state index contributed by atoms with van der Waals surface area (Å²) in [6.07, 6.45) is 8.66. The lowest BCUT2D eigenvalue weighted by Gasteiger charge is -2.35. The van der Waals surface area contributed by atoms with Gasteiger partial charge in [-0.15, -0.1) is 0 Å². The lowest BCUT2D eigenvalue weighted by molar-refractivity contribution is 0.175. The van der Waals surface area contributed by atoms with E-state index in [1.165, 1.54) is 22.4 Å². The summed E-state index contributed by atoms with van der Waals surface area (Å²) >= 11 is 0. The molecule has 1 atom stereocenters. The molecule has 3 aromatic carbocycles. The summed E-state index contributed by atoms with van der Waals surface area (Å²) in [5.74, 6) is 0. The summed E-state index contributed by atoms with van der Waals surface area (Å²) in [5.41, 5.74) is 8.69. The Labute approximate surface area is 187 Å². The van der Waals surface area contributed by atoms with Crippen LogP contribution >= 0.6 is 0 Å². The van der Waals surface area contributed by atoms with E-state index in [2.05, 4.69) is 91.6 Å². The van der Waals surface area contributed by atoms with Crippen LogP contribution in [0.25, 0.3) is 22.4 Å². The van der Waals surface area contributed by atoms with Crippen molar-refractivity contribution in [1.29, 1.82) is 0 Å². The maximum atomic E-state index is 4.55. The average molecular weight is 420 g/mol. The first-order chi connectivity index (χ1) is 15.7. The molecule has 5 nitrogen and oxygen atoms in total. The van der Waals surface area contributed by atoms with Crippen LogP contribution in [0.3, 0.4) is 0 Å². The lowest BCUT2D eigenvalue weighted by Crippen LogP contribution is -2.37. The second kappa shape index (κ2) is 7.77. The van der Waals surface area contributed by atoms with Gasteiger partial charge in [0, 0.05) is 42.9 Å². The van der Waals surface area contributed by atoms with Gasteiger partial charge in [-0.3, -0.25) is 9.47 Å². The van der Waals surface area contributed by atoms with Crippen molar-refractivity contribution < 1.29 is 0 Å². The van der Waals surface area contributed by atoms with Gasteiger partial charge in [-0.2, -0.15) is 0 Å². The zero-order valence-corrected chi connectivity index (χ0v) is 18.1. The monoisotopic (exact) mass is 419 g/mol. The van der Waals surface area contributed by atoms with Gasteiger partial charge in [0.1, 0.15) is 6.33 Å². The number of hydrogen-bond donors (Lipinski definition) is 0. The van der Waals surface area contributed by atoms with Crippen molar-refractivity contribution >= 4 is 11.0 Å². The fourth-order valence-electron chi connectivity index (χ4n) is 4.77. The molecule has 0 bridgehead atoms. The number of para-hydroxylation sites is 2. The van der Waals surface area contributed by atoms with Crippen molar-refractivity contribution in [3.63, 3.8) is 0 Å². The van der Waals surface area contributed by atoms with Crippen LogP contribution in [0.4, 0.5) is 0 Å². The Bertz CT molecular complexity index is 1380. The lowest BCUT2D eigenvalue weighted by atomic mass is 9.93. The highest BCUT2D eigenvalue weighted by Crippen LogP contribution is 2.27. The number of hydrogen-bond acceptors (Lipinski definition) is 3. The molecular formula is C27H25N5. The zero-order chi connectivity index (χ0) is 21.5. The summed E-state index contributed by atoms with van der Waals surface area (Å²) < 4.78 is 4.24. The SMILES string of the molecule is CC1Cc2cc(-n3ccnc3)ccc2CN1Cc1cccc(-n2cnc3ccccc32)c1. The molecule has 0 amide bonds. The van der Waals surface area contributed by atoms with Gasteiger partial charge in [0.2, 0.25) is 0 Å². The molecule has 32 heavy (non-hydrogen) atoms. The molecule has 1 aliphatic heterocycles. The third-order valence-electron chi connectivity index (χ3n) is 6.53. The van der Waals surface area contributed by atoms with Crippen molar-refractivity contribution in [1.82, 2.24) is 24.0 Å². The minimum Gasteiger partial charge on any atom is -0.306 e. The molecule has 1 aliphatic rings.